The van der Waals surface area contributed by atoms with Crippen LogP contribution in [0.15, 0.2) is 17.1 Å². The Balaban J connectivity index is 3.37. The first kappa shape index (κ1) is 9.27. The van der Waals surface area contributed by atoms with E-state index in [-0.39, 0.29) is 0 Å². The van der Waals surface area contributed by atoms with Gasteiger partial charge in [-0.3, -0.25) is 0 Å². The minimum absolute atomic E-state index is 0.364. The first-order valence-electron chi connectivity index (χ1n) is 3.18. The monoisotopic (exact) mass is 201 g/mol. The van der Waals surface area contributed by atoms with Crippen molar-refractivity contribution in [3.63, 3.8) is 0 Å². The number of isocyanates is 1. The highest BCUT2D eigenvalue weighted by Gasteiger charge is 2.03. The minimum atomic E-state index is 0.364. The first-order valence-corrected chi connectivity index (χ1v) is 3.94. The summed E-state index contributed by atoms with van der Waals surface area (Å²) >= 11 is 11.5. The summed E-state index contributed by atoms with van der Waals surface area (Å²) in [7, 11) is 0. The Morgan fingerprint density at radius 1 is 1.42 bits per heavy atom. The highest BCUT2D eigenvalue weighted by molar-refractivity contribution is 6.36. The smallest absolute Gasteiger partial charge is 0.211 e. The van der Waals surface area contributed by atoms with Gasteiger partial charge in [-0.1, -0.05) is 23.2 Å². The number of nitrogens with zero attached hydrogens (tertiary/aromatic N) is 1. The second-order valence-electron chi connectivity index (χ2n) is 2.26. The predicted octanol–water partition coefficient (Wildman–Crippen LogP) is 3.27. The Labute approximate surface area is 79.8 Å². The van der Waals surface area contributed by atoms with E-state index in [1.807, 2.05) is 0 Å². The summed E-state index contributed by atoms with van der Waals surface area (Å²) in [4.78, 5) is 13.4. The van der Waals surface area contributed by atoms with Crippen LogP contribution in [0.4, 0.5) is 5.69 Å². The molecule has 0 fully saturated rings. The van der Waals surface area contributed by atoms with E-state index in [1.54, 1.807) is 13.0 Å². The number of hydrogen-bond donors (Lipinski definition) is 0. The SMILES string of the molecule is Cc1cc(Cl)cc(Cl)c1N=C=O. The number of halogens is 2. The van der Waals surface area contributed by atoms with Gasteiger partial charge in [0.05, 0.1) is 10.7 Å². The molecule has 1 rings (SSSR count). The van der Waals surface area contributed by atoms with Gasteiger partial charge in [-0.05, 0) is 24.6 Å². The van der Waals surface area contributed by atoms with Crippen molar-refractivity contribution >= 4 is 35.0 Å². The van der Waals surface area contributed by atoms with Gasteiger partial charge in [0.1, 0.15) is 0 Å². The second-order valence-corrected chi connectivity index (χ2v) is 3.10. The first-order chi connectivity index (χ1) is 5.65. The molecular formula is C8H5Cl2NO. The standard InChI is InChI=1S/C8H5Cl2NO/c1-5-2-6(9)3-7(10)8(5)11-4-12/h2-3H,1H3. The van der Waals surface area contributed by atoms with Gasteiger partial charge in [-0.25, -0.2) is 4.79 Å². The number of benzene rings is 1. The van der Waals surface area contributed by atoms with Crippen LogP contribution in [0.5, 0.6) is 0 Å². The molecule has 0 N–H and O–H groups in total. The van der Waals surface area contributed by atoms with Crippen molar-refractivity contribution in [1.82, 2.24) is 0 Å². The molecule has 0 bridgehead atoms. The van der Waals surface area contributed by atoms with Crippen molar-refractivity contribution in [3.8, 4) is 0 Å². The lowest BCUT2D eigenvalue weighted by molar-refractivity contribution is 0.565. The third-order valence-electron chi connectivity index (χ3n) is 1.38. The zero-order valence-electron chi connectivity index (χ0n) is 6.27. The van der Waals surface area contributed by atoms with Gasteiger partial charge in [-0.15, -0.1) is 0 Å². The second kappa shape index (κ2) is 3.72. The summed E-state index contributed by atoms with van der Waals surface area (Å²) in [6.45, 7) is 1.77. The molecular weight excluding hydrogens is 197 g/mol. The average Bonchev–Trinajstić information content (AvgIpc) is 1.96. The summed E-state index contributed by atoms with van der Waals surface area (Å²) < 4.78 is 0. The Kier molecular flexibility index (Phi) is 2.88. The molecule has 0 aliphatic heterocycles. The largest absolute Gasteiger partial charge is 0.240 e. The van der Waals surface area contributed by atoms with Crippen LogP contribution in [0, 0.1) is 6.92 Å². The molecule has 0 spiro atoms. The molecule has 0 aliphatic rings. The molecule has 62 valence electrons. The van der Waals surface area contributed by atoms with Gasteiger partial charge in [0.25, 0.3) is 0 Å². The fourth-order valence-electron chi connectivity index (χ4n) is 0.882. The Morgan fingerprint density at radius 3 is 2.58 bits per heavy atom. The molecule has 0 atom stereocenters. The van der Waals surface area contributed by atoms with Gasteiger partial charge in [0.15, 0.2) is 0 Å². The fraction of sp³-hybridized carbons (Fsp3) is 0.125. The Morgan fingerprint density at radius 2 is 2.08 bits per heavy atom. The zero-order valence-corrected chi connectivity index (χ0v) is 7.78. The van der Waals surface area contributed by atoms with E-state index in [1.165, 1.54) is 12.1 Å². The summed E-state index contributed by atoms with van der Waals surface area (Å²) in [5.41, 5.74) is 1.19. The van der Waals surface area contributed by atoms with E-state index in [2.05, 4.69) is 4.99 Å². The Bertz CT molecular complexity index is 333. The number of aryl methyl sites for hydroxylation is 1. The summed E-state index contributed by atoms with van der Waals surface area (Å²) in [6.07, 6.45) is 1.43. The van der Waals surface area contributed by atoms with E-state index < -0.39 is 0 Å². The highest BCUT2D eigenvalue weighted by Crippen LogP contribution is 2.31. The van der Waals surface area contributed by atoms with Gasteiger partial charge >= 0.3 is 0 Å². The van der Waals surface area contributed by atoms with Crippen LogP contribution < -0.4 is 0 Å². The molecule has 12 heavy (non-hydrogen) atoms. The third-order valence-corrected chi connectivity index (χ3v) is 1.88. The van der Waals surface area contributed by atoms with Gasteiger partial charge in [0, 0.05) is 5.02 Å². The molecule has 0 amide bonds. The van der Waals surface area contributed by atoms with Gasteiger partial charge < -0.3 is 0 Å². The topological polar surface area (TPSA) is 29.4 Å². The van der Waals surface area contributed by atoms with Crippen LogP contribution in [0.1, 0.15) is 5.56 Å². The molecule has 0 unspecified atom stereocenters. The van der Waals surface area contributed by atoms with Crippen molar-refractivity contribution in [2.75, 3.05) is 0 Å². The molecule has 0 aromatic heterocycles. The zero-order chi connectivity index (χ0) is 9.14. The number of carbonyl (C=O) groups excluding carboxylic acids is 1. The normalized spacial score (nSPS) is 9.25. The maximum absolute atomic E-state index is 9.98. The lowest BCUT2D eigenvalue weighted by Crippen LogP contribution is -1.76. The fourth-order valence-corrected chi connectivity index (χ4v) is 1.52. The molecule has 0 aliphatic carbocycles. The Hall–Kier alpha value is -0.820. The van der Waals surface area contributed by atoms with Crippen molar-refractivity contribution in [1.29, 1.82) is 0 Å². The third kappa shape index (κ3) is 1.86. The molecule has 0 radical (unpaired) electrons. The van der Waals surface area contributed by atoms with Crippen LogP contribution in [0.2, 0.25) is 10.0 Å². The van der Waals surface area contributed by atoms with Crippen LogP contribution in [0.25, 0.3) is 0 Å². The van der Waals surface area contributed by atoms with Crippen LogP contribution in [-0.4, -0.2) is 6.08 Å². The molecule has 1 aromatic rings. The van der Waals surface area contributed by atoms with E-state index >= 15 is 0 Å². The van der Waals surface area contributed by atoms with E-state index in [9.17, 15) is 4.79 Å². The molecule has 0 saturated heterocycles. The lowest BCUT2D eigenvalue weighted by atomic mass is 10.2. The van der Waals surface area contributed by atoms with Crippen molar-refractivity contribution in [2.45, 2.75) is 6.92 Å². The maximum atomic E-state index is 9.98. The van der Waals surface area contributed by atoms with E-state index in [0.717, 1.165) is 5.56 Å². The quantitative estimate of drug-likeness (QED) is 0.507. The molecule has 1 aromatic carbocycles. The highest BCUT2D eigenvalue weighted by atomic mass is 35.5. The van der Waals surface area contributed by atoms with E-state index in [4.69, 9.17) is 23.2 Å². The molecule has 2 nitrogen and oxygen atoms in total. The summed E-state index contributed by atoms with van der Waals surface area (Å²) in [5.74, 6) is 0. The van der Waals surface area contributed by atoms with Crippen molar-refractivity contribution in [2.24, 2.45) is 4.99 Å². The number of rotatable bonds is 1. The molecule has 0 saturated carbocycles. The van der Waals surface area contributed by atoms with Gasteiger partial charge in [-0.2, -0.15) is 4.99 Å². The van der Waals surface area contributed by atoms with Crippen molar-refractivity contribution < 1.29 is 4.79 Å². The average molecular weight is 202 g/mol. The lowest BCUT2D eigenvalue weighted by Gasteiger charge is -2.00. The summed E-state index contributed by atoms with van der Waals surface area (Å²) in [5, 5.41) is 0.894. The number of hydrogen-bond acceptors (Lipinski definition) is 2. The molecule has 4 heteroatoms. The van der Waals surface area contributed by atoms with E-state index in [0.29, 0.717) is 15.7 Å². The van der Waals surface area contributed by atoms with Crippen LogP contribution in [0.3, 0.4) is 0 Å². The number of aliphatic imine (C=N–C) groups is 1. The molecule has 0 heterocycles. The summed E-state index contributed by atoms with van der Waals surface area (Å²) in [6, 6.07) is 3.22. The van der Waals surface area contributed by atoms with Crippen LogP contribution in [-0.2, 0) is 4.79 Å². The van der Waals surface area contributed by atoms with Crippen LogP contribution >= 0.6 is 23.2 Å². The maximum Gasteiger partial charge on any atom is 0.240 e. The minimum Gasteiger partial charge on any atom is -0.211 e. The van der Waals surface area contributed by atoms with Crippen molar-refractivity contribution in [3.05, 3.63) is 27.7 Å². The predicted molar refractivity (Wildman–Crippen MR) is 49.0 cm³/mol. The van der Waals surface area contributed by atoms with Gasteiger partial charge in [0.2, 0.25) is 6.08 Å².